The van der Waals surface area contributed by atoms with Crippen molar-refractivity contribution in [2.45, 2.75) is 50.9 Å². The molecule has 37 heavy (non-hydrogen) atoms. The van der Waals surface area contributed by atoms with Gasteiger partial charge in [-0.25, -0.2) is 0 Å². The molecule has 0 spiro atoms. The van der Waals surface area contributed by atoms with Crippen molar-refractivity contribution >= 4 is 28.2 Å². The Labute approximate surface area is 218 Å². The number of hydrogen-bond acceptors (Lipinski definition) is 9. The van der Waals surface area contributed by atoms with Crippen LogP contribution in [-0.4, -0.2) is 46.8 Å². The molecule has 1 saturated carbocycles. The molecule has 0 bridgehead atoms. The molecule has 4 heterocycles. The van der Waals surface area contributed by atoms with Gasteiger partial charge in [0.05, 0.1) is 29.9 Å². The van der Waals surface area contributed by atoms with E-state index in [4.69, 9.17) is 0 Å². The van der Waals surface area contributed by atoms with Gasteiger partial charge in [-0.05, 0) is 61.9 Å². The molecule has 190 valence electrons. The molecule has 2 atom stereocenters. The summed E-state index contributed by atoms with van der Waals surface area (Å²) in [5.41, 5.74) is 3.10. The van der Waals surface area contributed by atoms with E-state index in [-0.39, 0.29) is 24.5 Å². The Hall–Kier alpha value is -3.86. The van der Waals surface area contributed by atoms with Crippen LogP contribution in [0.5, 0.6) is 0 Å². The molecule has 1 aliphatic carbocycles. The summed E-state index contributed by atoms with van der Waals surface area (Å²) in [6.07, 6.45) is 8.24. The molecule has 0 aliphatic heterocycles. The van der Waals surface area contributed by atoms with Crippen LogP contribution in [0.15, 0.2) is 48.8 Å². The molecule has 10 nitrogen and oxygen atoms in total. The van der Waals surface area contributed by atoms with E-state index in [2.05, 4.69) is 35.8 Å². The highest BCUT2D eigenvalue weighted by Gasteiger charge is 2.29. The third-order valence-electron chi connectivity index (χ3n) is 6.44. The average Bonchev–Trinajstić information content (AvgIpc) is 3.63. The van der Waals surface area contributed by atoms with E-state index in [1.54, 1.807) is 10.9 Å². The molecule has 1 amide bonds. The van der Waals surface area contributed by atoms with Crippen molar-refractivity contribution in [2.75, 3.05) is 5.32 Å². The molecule has 4 aromatic rings. The van der Waals surface area contributed by atoms with E-state index >= 15 is 0 Å². The smallest absolute Gasteiger partial charge is 0.232 e. The quantitative estimate of drug-likeness (QED) is 0.340. The van der Waals surface area contributed by atoms with E-state index in [1.807, 2.05) is 49.6 Å². The normalized spacial score (nSPS) is 17.1. The Morgan fingerprint density at radius 2 is 1.78 bits per heavy atom. The summed E-state index contributed by atoms with van der Waals surface area (Å²) in [4.78, 5) is 28.8. The zero-order valence-electron chi connectivity index (χ0n) is 20.6. The van der Waals surface area contributed by atoms with Crippen molar-refractivity contribution < 1.29 is 9.59 Å². The number of rotatable bonds is 10. The first-order valence-corrected chi connectivity index (χ1v) is 13.2. The number of hydrogen-bond donors (Lipinski definition) is 1. The zero-order valence-corrected chi connectivity index (χ0v) is 21.4. The largest absolute Gasteiger partial charge is 0.300 e. The van der Waals surface area contributed by atoms with Crippen LogP contribution in [0.25, 0.3) is 0 Å². The number of pyridine rings is 1. The Morgan fingerprint density at radius 1 is 0.946 bits per heavy atom. The van der Waals surface area contributed by atoms with E-state index < -0.39 is 0 Å². The van der Waals surface area contributed by atoms with Gasteiger partial charge < -0.3 is 5.32 Å². The van der Waals surface area contributed by atoms with Crippen LogP contribution in [0, 0.1) is 5.92 Å². The van der Waals surface area contributed by atoms with Gasteiger partial charge in [0.1, 0.15) is 10.8 Å². The molecular formula is C26H28N8O2S. The minimum absolute atomic E-state index is 0.0729. The van der Waals surface area contributed by atoms with Gasteiger partial charge in [-0.2, -0.15) is 15.3 Å². The van der Waals surface area contributed by atoms with E-state index in [9.17, 15) is 9.59 Å². The fraction of sp³-hybridized carbons (Fsp3) is 0.385. The number of Topliss-reactive ketones (excluding diaryl/α,β-unsaturated/α-hetero) is 1. The Morgan fingerprint density at radius 3 is 2.54 bits per heavy atom. The fourth-order valence-electron chi connectivity index (χ4n) is 4.68. The van der Waals surface area contributed by atoms with Crippen molar-refractivity contribution in [3.63, 3.8) is 0 Å². The van der Waals surface area contributed by atoms with Gasteiger partial charge >= 0.3 is 0 Å². The lowest BCUT2D eigenvalue weighted by Crippen LogP contribution is -2.14. The monoisotopic (exact) mass is 516 g/mol. The lowest BCUT2D eigenvalue weighted by atomic mass is 9.99. The van der Waals surface area contributed by atoms with E-state index in [0.29, 0.717) is 29.1 Å². The first kappa shape index (κ1) is 24.8. The first-order chi connectivity index (χ1) is 18.0. The number of amides is 1. The maximum Gasteiger partial charge on any atom is 0.232 e. The molecule has 1 N–H and O–H groups in total. The zero-order chi connectivity index (χ0) is 25.6. The number of aryl methyl sites for hydroxylation is 1. The molecule has 1 fully saturated rings. The van der Waals surface area contributed by atoms with Crippen molar-refractivity contribution in [1.82, 2.24) is 35.2 Å². The topological polar surface area (TPSA) is 128 Å². The summed E-state index contributed by atoms with van der Waals surface area (Å²) in [6, 6.07) is 11.3. The van der Waals surface area contributed by atoms with Crippen LogP contribution >= 0.6 is 11.3 Å². The van der Waals surface area contributed by atoms with Gasteiger partial charge in [0.2, 0.25) is 11.0 Å². The molecule has 5 rings (SSSR count). The van der Waals surface area contributed by atoms with E-state index in [0.717, 1.165) is 47.8 Å². The second-order valence-electron chi connectivity index (χ2n) is 9.46. The average molecular weight is 517 g/mol. The third-order valence-corrected chi connectivity index (χ3v) is 7.44. The van der Waals surface area contributed by atoms with Gasteiger partial charge in [-0.3, -0.25) is 19.3 Å². The van der Waals surface area contributed by atoms with Gasteiger partial charge in [-0.1, -0.05) is 17.4 Å². The lowest BCUT2D eigenvalue weighted by Gasteiger charge is -2.09. The Bertz CT molecular complexity index is 1350. The second kappa shape index (κ2) is 11.5. The van der Waals surface area contributed by atoms with Crippen molar-refractivity contribution in [3.8, 4) is 0 Å². The van der Waals surface area contributed by atoms with E-state index in [1.165, 1.54) is 11.3 Å². The summed E-state index contributed by atoms with van der Waals surface area (Å²) in [5, 5.41) is 25.7. The summed E-state index contributed by atoms with van der Waals surface area (Å²) in [7, 11) is 1.82. The number of carbonyl (C=O) groups excluding carboxylic acids is 2. The molecule has 0 unspecified atom stereocenters. The van der Waals surface area contributed by atoms with Crippen LogP contribution in [-0.2, 0) is 42.3 Å². The van der Waals surface area contributed by atoms with Crippen LogP contribution < -0.4 is 5.32 Å². The van der Waals surface area contributed by atoms with Crippen LogP contribution in [0.4, 0.5) is 5.13 Å². The molecule has 0 saturated heterocycles. The molecule has 4 aromatic heterocycles. The highest BCUT2D eigenvalue weighted by atomic mass is 32.1. The summed E-state index contributed by atoms with van der Waals surface area (Å²) < 4.78 is 1.67. The summed E-state index contributed by atoms with van der Waals surface area (Å²) in [6.45, 7) is 0. The highest BCUT2D eigenvalue weighted by molar-refractivity contribution is 7.15. The van der Waals surface area contributed by atoms with Gasteiger partial charge in [0.25, 0.3) is 0 Å². The van der Waals surface area contributed by atoms with Crippen molar-refractivity contribution in [1.29, 1.82) is 0 Å². The van der Waals surface area contributed by atoms with Crippen molar-refractivity contribution in [3.05, 3.63) is 76.6 Å². The van der Waals surface area contributed by atoms with Gasteiger partial charge in [0, 0.05) is 37.5 Å². The SMILES string of the molecule is Cn1ccc(CC(=O)Nc2nnc([C@H]3CC[C@@H](Cc4ccc(CC(=O)Cc5ccccn5)nn4)C3)s2)n1. The Balaban J connectivity index is 1.08. The highest BCUT2D eigenvalue weighted by Crippen LogP contribution is 2.41. The minimum Gasteiger partial charge on any atom is -0.300 e. The molecule has 0 aromatic carbocycles. The predicted molar refractivity (Wildman–Crippen MR) is 138 cm³/mol. The standard InChI is InChI=1S/C26H28N8O2S/c1-34-11-9-22(33-34)16-24(36)28-26-32-31-25(37-26)18-6-5-17(12-18)13-20-7-8-21(30-29-20)15-23(35)14-19-4-2-3-10-27-19/h2-4,7-11,17-18H,5-6,12-16H2,1H3,(H,28,32,36)/t17-,18+/m1/s1. The summed E-state index contributed by atoms with van der Waals surface area (Å²) in [5.74, 6) is 0.748. The fourth-order valence-corrected chi connectivity index (χ4v) is 5.58. The number of carbonyl (C=O) groups is 2. The molecule has 1 aliphatic rings. The number of anilines is 1. The minimum atomic E-state index is -0.147. The molecule has 0 radical (unpaired) electrons. The summed E-state index contributed by atoms with van der Waals surface area (Å²) >= 11 is 1.45. The van der Waals surface area contributed by atoms with Crippen LogP contribution in [0.2, 0.25) is 0 Å². The van der Waals surface area contributed by atoms with Gasteiger partial charge in [0.15, 0.2) is 0 Å². The first-order valence-electron chi connectivity index (χ1n) is 12.3. The Kier molecular flexibility index (Phi) is 7.69. The number of aromatic nitrogens is 7. The lowest BCUT2D eigenvalue weighted by molar-refractivity contribution is -0.118. The predicted octanol–water partition coefficient (Wildman–Crippen LogP) is 3.12. The molecular weight excluding hydrogens is 488 g/mol. The molecule has 11 heteroatoms. The number of ketones is 1. The maximum absolute atomic E-state index is 12.3. The van der Waals surface area contributed by atoms with Crippen LogP contribution in [0.3, 0.4) is 0 Å². The van der Waals surface area contributed by atoms with Crippen molar-refractivity contribution in [2.24, 2.45) is 13.0 Å². The van der Waals surface area contributed by atoms with Crippen LogP contribution in [0.1, 0.15) is 53.0 Å². The maximum atomic E-state index is 12.3. The number of nitrogens with one attached hydrogen (secondary N) is 1. The third kappa shape index (κ3) is 6.88. The van der Waals surface area contributed by atoms with Gasteiger partial charge in [-0.15, -0.1) is 10.2 Å². The second-order valence-corrected chi connectivity index (χ2v) is 10.5. The number of nitrogens with zero attached hydrogens (tertiary/aromatic N) is 7.